The quantitative estimate of drug-likeness (QED) is 0.294. The molecule has 0 rings (SSSR count). The number of aliphatic imine (C=N–C) groups is 2. The highest BCUT2D eigenvalue weighted by Gasteiger charge is 1.99. The van der Waals surface area contributed by atoms with E-state index in [9.17, 15) is 0 Å². The molecule has 1 N–H and O–H groups in total. The van der Waals surface area contributed by atoms with Crippen molar-refractivity contribution in [2.24, 2.45) is 15.1 Å². The van der Waals surface area contributed by atoms with Gasteiger partial charge in [-0.15, -0.1) is 0 Å². The number of rotatable bonds is 9. The lowest BCUT2D eigenvalue weighted by Crippen LogP contribution is -2.07. The Kier molecular flexibility index (Phi) is 11.2. The van der Waals surface area contributed by atoms with E-state index in [1.165, 1.54) is 0 Å². The summed E-state index contributed by atoms with van der Waals surface area (Å²) in [5.41, 5.74) is 5.15. The Hall–Kier alpha value is -1.97. The highest BCUT2D eigenvalue weighted by atomic mass is 15.3. The molecule has 0 unspecified atom stereocenters. The predicted octanol–water partition coefficient (Wildman–Crippen LogP) is 3.15. The van der Waals surface area contributed by atoms with E-state index in [0.29, 0.717) is 0 Å². The van der Waals surface area contributed by atoms with Crippen LogP contribution in [0.2, 0.25) is 0 Å². The summed E-state index contributed by atoms with van der Waals surface area (Å²) in [5, 5.41) is 4.12. The maximum absolute atomic E-state index is 4.12. The average Bonchev–Trinajstić information content (AvgIpc) is 2.41. The van der Waals surface area contributed by atoms with Crippen molar-refractivity contribution >= 4 is 19.1 Å². The van der Waals surface area contributed by atoms with Crippen LogP contribution in [0.15, 0.2) is 50.7 Å². The summed E-state index contributed by atoms with van der Waals surface area (Å²) >= 11 is 0. The van der Waals surface area contributed by atoms with E-state index in [-0.39, 0.29) is 0 Å². The Morgan fingerprint density at radius 1 is 1.26 bits per heavy atom. The number of nitrogens with zero attached hydrogens (tertiary/aromatic N) is 3. The van der Waals surface area contributed by atoms with Gasteiger partial charge in [-0.2, -0.15) is 5.10 Å². The van der Waals surface area contributed by atoms with Crippen LogP contribution in [0.5, 0.6) is 0 Å². The molecule has 19 heavy (non-hydrogen) atoms. The van der Waals surface area contributed by atoms with E-state index < -0.39 is 0 Å². The van der Waals surface area contributed by atoms with E-state index >= 15 is 0 Å². The zero-order chi connectivity index (χ0) is 14.3. The van der Waals surface area contributed by atoms with Crippen molar-refractivity contribution in [1.82, 2.24) is 5.43 Å². The molecular formula is C15H24N4. The second kappa shape index (κ2) is 12.5. The third-order valence-electron chi connectivity index (χ3n) is 2.34. The third-order valence-corrected chi connectivity index (χ3v) is 2.34. The minimum Gasteiger partial charge on any atom is -0.301 e. The van der Waals surface area contributed by atoms with Gasteiger partial charge in [-0.3, -0.25) is 10.4 Å². The molecule has 0 atom stereocenters. The SMILES string of the molecule is C=NCCCC(C=NC)=C(C)N\N=C/C=C\C=C\C. The molecule has 0 spiro atoms. The summed E-state index contributed by atoms with van der Waals surface area (Å²) in [6, 6.07) is 0. The number of allylic oxidation sites excluding steroid dienone is 6. The fraction of sp³-hybridized carbons (Fsp3) is 0.400. The lowest BCUT2D eigenvalue weighted by atomic mass is 10.1. The lowest BCUT2D eigenvalue weighted by Gasteiger charge is -2.06. The van der Waals surface area contributed by atoms with Gasteiger partial charge in [0.25, 0.3) is 0 Å². The Labute approximate surface area is 116 Å². The van der Waals surface area contributed by atoms with Gasteiger partial charge in [0.1, 0.15) is 0 Å². The van der Waals surface area contributed by atoms with Crippen LogP contribution in [0.4, 0.5) is 0 Å². The molecule has 4 heteroatoms. The molecule has 0 aromatic rings. The van der Waals surface area contributed by atoms with E-state index in [1.807, 2.05) is 44.4 Å². The van der Waals surface area contributed by atoms with Crippen LogP contribution < -0.4 is 5.43 Å². The zero-order valence-electron chi connectivity index (χ0n) is 12.1. The van der Waals surface area contributed by atoms with Crippen molar-refractivity contribution in [2.45, 2.75) is 26.7 Å². The minimum absolute atomic E-state index is 0.768. The Balaban J connectivity index is 4.44. The molecule has 0 saturated carbocycles. The summed E-state index contributed by atoms with van der Waals surface area (Å²) in [4.78, 5) is 7.91. The van der Waals surface area contributed by atoms with Gasteiger partial charge < -0.3 is 4.99 Å². The van der Waals surface area contributed by atoms with E-state index in [1.54, 1.807) is 13.3 Å². The second-order valence-electron chi connectivity index (χ2n) is 3.89. The zero-order valence-corrected chi connectivity index (χ0v) is 12.1. The van der Waals surface area contributed by atoms with Gasteiger partial charge in [-0.05, 0) is 45.1 Å². The first-order valence-electron chi connectivity index (χ1n) is 6.37. The van der Waals surface area contributed by atoms with Crippen molar-refractivity contribution in [3.8, 4) is 0 Å². The van der Waals surface area contributed by atoms with Gasteiger partial charge in [-0.1, -0.05) is 18.2 Å². The molecule has 4 nitrogen and oxygen atoms in total. The molecule has 0 aliphatic rings. The van der Waals surface area contributed by atoms with E-state index in [4.69, 9.17) is 0 Å². The van der Waals surface area contributed by atoms with Gasteiger partial charge in [0.15, 0.2) is 0 Å². The minimum atomic E-state index is 0.768. The van der Waals surface area contributed by atoms with E-state index in [2.05, 4.69) is 27.2 Å². The van der Waals surface area contributed by atoms with Crippen molar-refractivity contribution in [3.63, 3.8) is 0 Å². The van der Waals surface area contributed by atoms with Gasteiger partial charge in [0.2, 0.25) is 0 Å². The monoisotopic (exact) mass is 260 g/mol. The molecule has 0 aromatic carbocycles. The fourth-order valence-corrected chi connectivity index (χ4v) is 1.36. The molecule has 0 aromatic heterocycles. The molecular weight excluding hydrogens is 236 g/mol. The standard InChI is InChI=1S/C15H24N4/c1-5-6-7-8-12-18-19-14(2)15(13-17-4)10-9-11-16-3/h5-8,12-13,19H,3,9-11H2,1-2,4H3/b6-5+,8-7-,15-14?,17-13?,18-12-. The number of hydrazone groups is 1. The van der Waals surface area contributed by atoms with Gasteiger partial charge >= 0.3 is 0 Å². The molecule has 0 fully saturated rings. The average molecular weight is 260 g/mol. The summed E-state index contributed by atoms with van der Waals surface area (Å²) in [6.45, 7) is 8.21. The van der Waals surface area contributed by atoms with E-state index in [0.717, 1.165) is 30.7 Å². The van der Waals surface area contributed by atoms with Gasteiger partial charge in [0.05, 0.1) is 0 Å². The Bertz CT molecular complexity index is 387. The van der Waals surface area contributed by atoms with Crippen molar-refractivity contribution in [1.29, 1.82) is 0 Å². The van der Waals surface area contributed by atoms with Crippen molar-refractivity contribution < 1.29 is 0 Å². The fourth-order valence-electron chi connectivity index (χ4n) is 1.36. The van der Waals surface area contributed by atoms with Crippen LogP contribution in [0.3, 0.4) is 0 Å². The van der Waals surface area contributed by atoms with Crippen molar-refractivity contribution in [3.05, 3.63) is 35.6 Å². The highest BCUT2D eigenvalue weighted by molar-refractivity contribution is 5.79. The smallest absolute Gasteiger partial charge is 0.0472 e. The highest BCUT2D eigenvalue weighted by Crippen LogP contribution is 2.07. The van der Waals surface area contributed by atoms with Crippen molar-refractivity contribution in [2.75, 3.05) is 13.6 Å². The molecule has 0 radical (unpaired) electrons. The first-order valence-corrected chi connectivity index (χ1v) is 6.37. The second-order valence-corrected chi connectivity index (χ2v) is 3.89. The molecule has 0 heterocycles. The molecule has 0 saturated heterocycles. The first kappa shape index (κ1) is 17.0. The molecule has 0 amide bonds. The van der Waals surface area contributed by atoms with Crippen LogP contribution in [-0.2, 0) is 0 Å². The Morgan fingerprint density at radius 2 is 2.05 bits per heavy atom. The molecule has 0 aliphatic carbocycles. The van der Waals surface area contributed by atoms with Crippen LogP contribution >= 0.6 is 0 Å². The summed E-state index contributed by atoms with van der Waals surface area (Å²) < 4.78 is 0. The molecule has 0 aliphatic heterocycles. The molecule has 104 valence electrons. The maximum atomic E-state index is 4.12. The largest absolute Gasteiger partial charge is 0.301 e. The van der Waals surface area contributed by atoms with Crippen LogP contribution in [0.1, 0.15) is 26.7 Å². The number of hydrogen-bond donors (Lipinski definition) is 1. The summed E-state index contributed by atoms with van der Waals surface area (Å²) in [6.07, 6.45) is 13.2. The van der Waals surface area contributed by atoms with Crippen LogP contribution in [0, 0.1) is 0 Å². The Morgan fingerprint density at radius 3 is 2.68 bits per heavy atom. The number of hydrogen-bond acceptors (Lipinski definition) is 4. The number of nitrogens with one attached hydrogen (secondary N) is 1. The summed E-state index contributed by atoms with van der Waals surface area (Å²) in [5.74, 6) is 0. The van der Waals surface area contributed by atoms with Crippen LogP contribution in [0.25, 0.3) is 0 Å². The first-order chi connectivity index (χ1) is 9.26. The van der Waals surface area contributed by atoms with Crippen LogP contribution in [-0.4, -0.2) is 32.7 Å². The topological polar surface area (TPSA) is 49.1 Å². The van der Waals surface area contributed by atoms with Gasteiger partial charge in [-0.25, -0.2) is 0 Å². The molecule has 0 bridgehead atoms. The van der Waals surface area contributed by atoms with Gasteiger partial charge in [0, 0.05) is 31.7 Å². The lowest BCUT2D eigenvalue weighted by molar-refractivity contribution is 0.811. The maximum Gasteiger partial charge on any atom is 0.0472 e. The third kappa shape index (κ3) is 9.71. The summed E-state index contributed by atoms with van der Waals surface area (Å²) in [7, 11) is 1.77. The predicted molar refractivity (Wildman–Crippen MR) is 86.3 cm³/mol. The normalized spacial score (nSPS) is 13.8.